The minimum Gasteiger partial charge on any atom is -0.396 e. The van der Waals surface area contributed by atoms with Gasteiger partial charge in [-0.25, -0.2) is 0 Å². The molecule has 1 atom stereocenters. The standard InChI is InChI=1S/C15H21F3N2O/c1-19-7-8-20(11-14(19)6-9-21)10-12-2-4-13(5-3-12)15(16,17)18/h2-5,14,21H,6-11H2,1H3/t14-/m0/s1. The molecule has 0 unspecified atom stereocenters. The zero-order valence-corrected chi connectivity index (χ0v) is 12.1. The molecule has 3 nitrogen and oxygen atoms in total. The minimum atomic E-state index is -4.28. The second-order valence-corrected chi connectivity index (χ2v) is 5.58. The highest BCUT2D eigenvalue weighted by Crippen LogP contribution is 2.29. The fourth-order valence-corrected chi connectivity index (χ4v) is 2.67. The van der Waals surface area contributed by atoms with Crippen molar-refractivity contribution in [3.05, 3.63) is 35.4 Å². The Labute approximate surface area is 123 Å². The molecule has 1 saturated heterocycles. The van der Waals surface area contributed by atoms with E-state index in [0.717, 1.165) is 43.8 Å². The Hall–Kier alpha value is -1.11. The van der Waals surface area contributed by atoms with Gasteiger partial charge in [0.25, 0.3) is 0 Å². The van der Waals surface area contributed by atoms with E-state index >= 15 is 0 Å². The van der Waals surface area contributed by atoms with Gasteiger partial charge in [0.15, 0.2) is 0 Å². The van der Waals surface area contributed by atoms with Crippen molar-refractivity contribution in [2.24, 2.45) is 0 Å². The number of benzene rings is 1. The first-order chi connectivity index (χ1) is 9.90. The molecule has 0 aromatic heterocycles. The first-order valence-electron chi connectivity index (χ1n) is 7.09. The number of hydrogen-bond acceptors (Lipinski definition) is 3. The maximum absolute atomic E-state index is 12.5. The van der Waals surface area contributed by atoms with Crippen LogP contribution >= 0.6 is 0 Å². The lowest BCUT2D eigenvalue weighted by Gasteiger charge is -2.39. The van der Waals surface area contributed by atoms with Crippen molar-refractivity contribution in [1.29, 1.82) is 0 Å². The molecule has 118 valence electrons. The van der Waals surface area contributed by atoms with Crippen molar-refractivity contribution in [2.75, 3.05) is 33.3 Å². The lowest BCUT2D eigenvalue weighted by molar-refractivity contribution is -0.137. The summed E-state index contributed by atoms with van der Waals surface area (Å²) in [5.41, 5.74) is 0.276. The van der Waals surface area contributed by atoms with E-state index < -0.39 is 11.7 Å². The van der Waals surface area contributed by atoms with Crippen LogP contribution in [0, 0.1) is 0 Å². The molecular weight excluding hydrogens is 281 g/mol. The number of halogens is 3. The average Bonchev–Trinajstić information content (AvgIpc) is 2.42. The van der Waals surface area contributed by atoms with Gasteiger partial charge in [-0.2, -0.15) is 13.2 Å². The van der Waals surface area contributed by atoms with E-state index in [9.17, 15) is 13.2 Å². The Morgan fingerprint density at radius 2 is 1.86 bits per heavy atom. The SMILES string of the molecule is CN1CCN(Cc2ccc(C(F)(F)F)cc2)C[C@@H]1CCO. The molecule has 0 spiro atoms. The van der Waals surface area contributed by atoms with Crippen molar-refractivity contribution >= 4 is 0 Å². The molecule has 1 heterocycles. The molecule has 0 aliphatic carbocycles. The highest BCUT2D eigenvalue weighted by atomic mass is 19.4. The summed E-state index contributed by atoms with van der Waals surface area (Å²) in [6, 6.07) is 5.66. The molecule has 1 fully saturated rings. The number of rotatable bonds is 4. The molecule has 21 heavy (non-hydrogen) atoms. The Morgan fingerprint density at radius 3 is 2.43 bits per heavy atom. The average molecular weight is 302 g/mol. The zero-order valence-electron chi connectivity index (χ0n) is 12.1. The second-order valence-electron chi connectivity index (χ2n) is 5.58. The van der Waals surface area contributed by atoms with E-state index in [4.69, 9.17) is 5.11 Å². The van der Waals surface area contributed by atoms with Gasteiger partial charge in [-0.1, -0.05) is 12.1 Å². The third-order valence-corrected chi connectivity index (χ3v) is 4.01. The lowest BCUT2D eigenvalue weighted by Crippen LogP contribution is -2.51. The molecule has 6 heteroatoms. The Bertz CT molecular complexity index is 447. The summed E-state index contributed by atoms with van der Waals surface area (Å²) >= 11 is 0. The molecule has 0 radical (unpaired) electrons. The normalized spacial score (nSPS) is 21.7. The van der Waals surface area contributed by atoms with Crippen LogP contribution in [0.5, 0.6) is 0 Å². The molecule has 0 amide bonds. The predicted octanol–water partition coefficient (Wildman–Crippen LogP) is 2.20. The number of aliphatic hydroxyl groups excluding tert-OH is 1. The number of alkyl halides is 3. The van der Waals surface area contributed by atoms with Crippen LogP contribution < -0.4 is 0 Å². The van der Waals surface area contributed by atoms with Crippen LogP contribution in [0.1, 0.15) is 17.5 Å². The number of likely N-dealkylation sites (N-methyl/N-ethyl adjacent to an activating group) is 1. The Balaban J connectivity index is 1.95. The van der Waals surface area contributed by atoms with Gasteiger partial charge < -0.3 is 10.0 Å². The van der Waals surface area contributed by atoms with E-state index in [1.165, 1.54) is 0 Å². The molecule has 1 aliphatic rings. The van der Waals surface area contributed by atoms with Gasteiger partial charge in [0.1, 0.15) is 0 Å². The Kier molecular flexibility index (Phi) is 5.24. The van der Waals surface area contributed by atoms with Gasteiger partial charge >= 0.3 is 6.18 Å². The van der Waals surface area contributed by atoms with Crippen LogP contribution in [-0.2, 0) is 12.7 Å². The monoisotopic (exact) mass is 302 g/mol. The van der Waals surface area contributed by atoms with E-state index in [2.05, 4.69) is 9.80 Å². The topological polar surface area (TPSA) is 26.7 Å². The first kappa shape index (κ1) is 16.3. The van der Waals surface area contributed by atoms with Crippen molar-refractivity contribution in [1.82, 2.24) is 9.80 Å². The predicted molar refractivity (Wildman–Crippen MR) is 74.8 cm³/mol. The fourth-order valence-electron chi connectivity index (χ4n) is 2.67. The molecule has 0 bridgehead atoms. The van der Waals surface area contributed by atoms with Crippen molar-refractivity contribution in [3.63, 3.8) is 0 Å². The van der Waals surface area contributed by atoms with Crippen LogP contribution in [0.2, 0.25) is 0 Å². The van der Waals surface area contributed by atoms with Crippen molar-refractivity contribution in [2.45, 2.75) is 25.2 Å². The highest BCUT2D eigenvalue weighted by molar-refractivity contribution is 5.24. The van der Waals surface area contributed by atoms with Gasteiger partial charge in [-0.15, -0.1) is 0 Å². The third kappa shape index (κ3) is 4.43. The summed E-state index contributed by atoms with van der Waals surface area (Å²) in [7, 11) is 2.04. The number of hydrogen-bond donors (Lipinski definition) is 1. The maximum Gasteiger partial charge on any atom is 0.416 e. The molecule has 0 saturated carbocycles. The van der Waals surface area contributed by atoms with Gasteiger partial charge in [-0.3, -0.25) is 4.90 Å². The van der Waals surface area contributed by atoms with Crippen LogP contribution in [-0.4, -0.2) is 54.2 Å². The minimum absolute atomic E-state index is 0.156. The summed E-state index contributed by atoms with van der Waals surface area (Å²) in [5, 5.41) is 9.07. The Morgan fingerprint density at radius 1 is 1.19 bits per heavy atom. The molecule has 2 rings (SSSR count). The highest BCUT2D eigenvalue weighted by Gasteiger charge is 2.30. The summed E-state index contributed by atoms with van der Waals surface area (Å²) in [5.74, 6) is 0. The number of nitrogens with zero attached hydrogens (tertiary/aromatic N) is 2. The van der Waals surface area contributed by atoms with Gasteiger partial charge in [0.05, 0.1) is 5.56 Å². The van der Waals surface area contributed by atoms with E-state index in [1.807, 2.05) is 7.05 Å². The fraction of sp³-hybridized carbons (Fsp3) is 0.600. The molecule has 1 aromatic carbocycles. The molecular formula is C15H21F3N2O. The number of piperazine rings is 1. The quantitative estimate of drug-likeness (QED) is 0.924. The van der Waals surface area contributed by atoms with E-state index in [1.54, 1.807) is 12.1 Å². The van der Waals surface area contributed by atoms with Crippen molar-refractivity contribution < 1.29 is 18.3 Å². The lowest BCUT2D eigenvalue weighted by atomic mass is 10.1. The summed E-state index contributed by atoms with van der Waals surface area (Å²) in [6.45, 7) is 3.43. The zero-order chi connectivity index (χ0) is 15.5. The van der Waals surface area contributed by atoms with E-state index in [0.29, 0.717) is 12.6 Å². The summed E-state index contributed by atoms with van der Waals surface area (Å²) < 4.78 is 37.6. The first-order valence-corrected chi connectivity index (χ1v) is 7.09. The van der Waals surface area contributed by atoms with Gasteiger partial charge in [0.2, 0.25) is 0 Å². The smallest absolute Gasteiger partial charge is 0.396 e. The maximum atomic E-state index is 12.5. The summed E-state index contributed by atoms with van der Waals surface area (Å²) in [6.07, 6.45) is -3.56. The molecule has 1 aromatic rings. The number of aliphatic hydroxyl groups is 1. The third-order valence-electron chi connectivity index (χ3n) is 4.01. The van der Waals surface area contributed by atoms with Crippen LogP contribution in [0.15, 0.2) is 24.3 Å². The summed E-state index contributed by atoms with van der Waals surface area (Å²) in [4.78, 5) is 4.45. The van der Waals surface area contributed by atoms with Crippen LogP contribution in [0.4, 0.5) is 13.2 Å². The second kappa shape index (κ2) is 6.77. The van der Waals surface area contributed by atoms with Crippen LogP contribution in [0.3, 0.4) is 0 Å². The largest absolute Gasteiger partial charge is 0.416 e. The molecule has 1 aliphatic heterocycles. The van der Waals surface area contributed by atoms with Crippen molar-refractivity contribution in [3.8, 4) is 0 Å². The van der Waals surface area contributed by atoms with Gasteiger partial charge in [-0.05, 0) is 31.2 Å². The van der Waals surface area contributed by atoms with E-state index in [-0.39, 0.29) is 6.61 Å². The molecule has 1 N–H and O–H groups in total. The van der Waals surface area contributed by atoms with Crippen LogP contribution in [0.25, 0.3) is 0 Å². The van der Waals surface area contributed by atoms with Gasteiger partial charge in [0, 0.05) is 38.8 Å².